The predicted molar refractivity (Wildman–Crippen MR) is 60.8 cm³/mol. The van der Waals surface area contributed by atoms with Crippen LogP contribution in [-0.4, -0.2) is 5.11 Å². The van der Waals surface area contributed by atoms with Gasteiger partial charge in [0.2, 0.25) is 0 Å². The Morgan fingerprint density at radius 3 is 2.57 bits per heavy atom. The molecule has 0 bridgehead atoms. The molecular formula is C13H20O. The molecule has 0 heterocycles. The number of para-hydroxylation sites is 1. The fourth-order valence-corrected chi connectivity index (χ4v) is 1.88. The van der Waals surface area contributed by atoms with E-state index in [2.05, 4.69) is 20.8 Å². The monoisotopic (exact) mass is 192 g/mol. The number of hydrogen-bond donors (Lipinski definition) is 1. The van der Waals surface area contributed by atoms with Crippen LogP contribution in [0.15, 0.2) is 18.2 Å². The third-order valence-electron chi connectivity index (χ3n) is 2.78. The smallest absolute Gasteiger partial charge is 0.122 e. The van der Waals surface area contributed by atoms with Gasteiger partial charge < -0.3 is 5.11 Å². The average molecular weight is 192 g/mol. The Balaban J connectivity index is 2.96. The lowest BCUT2D eigenvalue weighted by atomic mass is 9.93. The van der Waals surface area contributed by atoms with E-state index >= 15 is 0 Å². The highest BCUT2D eigenvalue weighted by molar-refractivity contribution is 5.42. The summed E-state index contributed by atoms with van der Waals surface area (Å²) in [5.74, 6) is 0.974. The first-order chi connectivity index (χ1) is 6.70. The Labute approximate surface area is 86.8 Å². The minimum atomic E-state index is 0.464. The summed E-state index contributed by atoms with van der Waals surface area (Å²) in [6.45, 7) is 6.43. The van der Waals surface area contributed by atoms with Crippen molar-refractivity contribution >= 4 is 0 Å². The van der Waals surface area contributed by atoms with E-state index < -0.39 is 0 Å². The molecule has 0 amide bonds. The highest BCUT2D eigenvalue weighted by Crippen LogP contribution is 2.31. The lowest BCUT2D eigenvalue weighted by Gasteiger charge is -2.14. The number of phenolic OH excluding ortho intramolecular Hbond substituents is 1. The largest absolute Gasteiger partial charge is 0.507 e. The Morgan fingerprint density at radius 1 is 1.29 bits per heavy atom. The summed E-state index contributed by atoms with van der Waals surface area (Å²) in [5.41, 5.74) is 2.16. The standard InChI is InChI=1S/C13H20O/c1-4-7-10(3)12-9-6-8-11(5-2)13(12)14/h6,8-10,14H,4-5,7H2,1-3H3/t10-/m1/s1. The van der Waals surface area contributed by atoms with Crippen LogP contribution in [0.25, 0.3) is 0 Å². The quantitative estimate of drug-likeness (QED) is 0.768. The molecule has 78 valence electrons. The summed E-state index contributed by atoms with van der Waals surface area (Å²) >= 11 is 0. The van der Waals surface area contributed by atoms with E-state index in [1.165, 1.54) is 0 Å². The van der Waals surface area contributed by atoms with E-state index in [1.54, 1.807) is 0 Å². The highest BCUT2D eigenvalue weighted by Gasteiger charge is 2.11. The number of aryl methyl sites for hydroxylation is 1. The van der Waals surface area contributed by atoms with Crippen LogP contribution in [0.2, 0.25) is 0 Å². The summed E-state index contributed by atoms with van der Waals surface area (Å²) < 4.78 is 0. The number of phenols is 1. The second kappa shape index (κ2) is 5.04. The lowest BCUT2D eigenvalue weighted by molar-refractivity contribution is 0.454. The van der Waals surface area contributed by atoms with Gasteiger partial charge in [-0.2, -0.15) is 0 Å². The third kappa shape index (κ3) is 2.28. The van der Waals surface area contributed by atoms with Crippen molar-refractivity contribution < 1.29 is 5.11 Å². The van der Waals surface area contributed by atoms with Crippen molar-refractivity contribution in [3.05, 3.63) is 29.3 Å². The second-order valence-corrected chi connectivity index (χ2v) is 3.90. The van der Waals surface area contributed by atoms with E-state index in [9.17, 15) is 5.11 Å². The van der Waals surface area contributed by atoms with Crippen molar-refractivity contribution in [1.82, 2.24) is 0 Å². The summed E-state index contributed by atoms with van der Waals surface area (Å²) in [5, 5.41) is 9.99. The zero-order valence-corrected chi connectivity index (χ0v) is 9.38. The molecule has 0 spiro atoms. The molecule has 1 atom stereocenters. The molecule has 1 rings (SSSR count). The molecule has 1 N–H and O–H groups in total. The molecule has 0 saturated heterocycles. The van der Waals surface area contributed by atoms with E-state index in [0.29, 0.717) is 11.7 Å². The molecule has 1 aromatic carbocycles. The number of hydrogen-bond acceptors (Lipinski definition) is 1. The van der Waals surface area contributed by atoms with Gasteiger partial charge in [0.1, 0.15) is 5.75 Å². The Bertz CT molecular complexity index is 291. The van der Waals surface area contributed by atoms with Crippen molar-refractivity contribution in [2.24, 2.45) is 0 Å². The van der Waals surface area contributed by atoms with Crippen LogP contribution >= 0.6 is 0 Å². The zero-order chi connectivity index (χ0) is 10.6. The molecule has 1 heteroatoms. The Kier molecular flexibility index (Phi) is 3.99. The molecule has 0 aliphatic rings. The predicted octanol–water partition coefficient (Wildman–Crippen LogP) is 3.86. The minimum absolute atomic E-state index is 0.464. The van der Waals surface area contributed by atoms with Crippen molar-refractivity contribution in [2.45, 2.75) is 46.0 Å². The van der Waals surface area contributed by atoms with Gasteiger partial charge in [-0.1, -0.05) is 45.4 Å². The van der Waals surface area contributed by atoms with Crippen LogP contribution in [-0.2, 0) is 6.42 Å². The van der Waals surface area contributed by atoms with Crippen LogP contribution < -0.4 is 0 Å². The van der Waals surface area contributed by atoms with Gasteiger partial charge in [-0.15, -0.1) is 0 Å². The first-order valence-corrected chi connectivity index (χ1v) is 5.51. The van der Waals surface area contributed by atoms with Gasteiger partial charge in [0, 0.05) is 0 Å². The van der Waals surface area contributed by atoms with Gasteiger partial charge >= 0.3 is 0 Å². The molecular weight excluding hydrogens is 172 g/mol. The van der Waals surface area contributed by atoms with Gasteiger partial charge in [-0.05, 0) is 29.9 Å². The summed E-state index contributed by atoms with van der Waals surface area (Å²) in [7, 11) is 0. The minimum Gasteiger partial charge on any atom is -0.507 e. The van der Waals surface area contributed by atoms with Crippen LogP contribution in [0.4, 0.5) is 0 Å². The molecule has 1 aromatic rings. The normalized spacial score (nSPS) is 12.8. The van der Waals surface area contributed by atoms with E-state index in [1.807, 2.05) is 18.2 Å². The molecule has 0 unspecified atom stereocenters. The van der Waals surface area contributed by atoms with Gasteiger partial charge in [0.15, 0.2) is 0 Å². The summed E-state index contributed by atoms with van der Waals surface area (Å²) in [6.07, 6.45) is 3.20. The molecule has 0 aromatic heterocycles. The number of benzene rings is 1. The highest BCUT2D eigenvalue weighted by atomic mass is 16.3. The van der Waals surface area contributed by atoms with Crippen LogP contribution in [0.1, 0.15) is 50.7 Å². The Hall–Kier alpha value is -0.980. The molecule has 0 fully saturated rings. The maximum absolute atomic E-state index is 9.99. The SMILES string of the molecule is CCC[C@@H](C)c1cccc(CC)c1O. The number of rotatable bonds is 4. The van der Waals surface area contributed by atoms with Crippen LogP contribution in [0, 0.1) is 0 Å². The van der Waals surface area contributed by atoms with Crippen molar-refractivity contribution in [3.63, 3.8) is 0 Å². The lowest BCUT2D eigenvalue weighted by Crippen LogP contribution is -1.95. The fourth-order valence-electron chi connectivity index (χ4n) is 1.88. The van der Waals surface area contributed by atoms with Crippen LogP contribution in [0.5, 0.6) is 5.75 Å². The topological polar surface area (TPSA) is 20.2 Å². The maximum Gasteiger partial charge on any atom is 0.122 e. The second-order valence-electron chi connectivity index (χ2n) is 3.90. The molecule has 1 nitrogen and oxygen atoms in total. The molecule has 14 heavy (non-hydrogen) atoms. The van der Waals surface area contributed by atoms with Crippen molar-refractivity contribution in [2.75, 3.05) is 0 Å². The average Bonchev–Trinajstić information content (AvgIpc) is 2.18. The number of aromatic hydroxyl groups is 1. The fraction of sp³-hybridized carbons (Fsp3) is 0.538. The molecule has 0 aliphatic carbocycles. The van der Waals surface area contributed by atoms with Gasteiger partial charge in [-0.25, -0.2) is 0 Å². The van der Waals surface area contributed by atoms with E-state index in [0.717, 1.165) is 30.4 Å². The van der Waals surface area contributed by atoms with Crippen molar-refractivity contribution in [3.8, 4) is 5.75 Å². The van der Waals surface area contributed by atoms with Crippen molar-refractivity contribution in [1.29, 1.82) is 0 Å². The maximum atomic E-state index is 9.99. The molecule has 0 aliphatic heterocycles. The summed E-state index contributed by atoms with van der Waals surface area (Å²) in [6, 6.07) is 6.08. The van der Waals surface area contributed by atoms with E-state index in [4.69, 9.17) is 0 Å². The summed E-state index contributed by atoms with van der Waals surface area (Å²) in [4.78, 5) is 0. The molecule has 0 saturated carbocycles. The van der Waals surface area contributed by atoms with Gasteiger partial charge in [0.25, 0.3) is 0 Å². The van der Waals surface area contributed by atoms with Gasteiger partial charge in [0.05, 0.1) is 0 Å². The zero-order valence-electron chi connectivity index (χ0n) is 9.38. The first-order valence-electron chi connectivity index (χ1n) is 5.51. The third-order valence-corrected chi connectivity index (χ3v) is 2.78. The first kappa shape index (κ1) is 11.1. The Morgan fingerprint density at radius 2 is 2.00 bits per heavy atom. The van der Waals surface area contributed by atoms with Crippen LogP contribution in [0.3, 0.4) is 0 Å². The van der Waals surface area contributed by atoms with E-state index in [-0.39, 0.29) is 0 Å². The van der Waals surface area contributed by atoms with Gasteiger partial charge in [-0.3, -0.25) is 0 Å². The molecule has 0 radical (unpaired) electrons.